The fraction of sp³-hybridized carbons (Fsp3) is 0.615. The lowest BCUT2D eigenvalue weighted by Gasteiger charge is -2.16. The number of hydrogen-bond acceptors (Lipinski definition) is 4. The lowest BCUT2D eigenvalue weighted by molar-refractivity contribution is 0.452. The molecule has 0 bridgehead atoms. The molecule has 0 radical (unpaired) electrons. The van der Waals surface area contributed by atoms with E-state index in [9.17, 15) is 8.42 Å². The zero-order valence-electron chi connectivity index (χ0n) is 11.5. The highest BCUT2D eigenvalue weighted by Crippen LogP contribution is 2.06. The van der Waals surface area contributed by atoms with Crippen molar-refractivity contribution in [3.05, 3.63) is 30.1 Å². The van der Waals surface area contributed by atoms with Gasteiger partial charge in [0, 0.05) is 26.0 Å². The Bertz CT molecular complexity index is 448. The van der Waals surface area contributed by atoms with Crippen molar-refractivity contribution < 1.29 is 8.42 Å². The molecule has 0 unspecified atom stereocenters. The molecule has 0 saturated carbocycles. The van der Waals surface area contributed by atoms with Gasteiger partial charge in [-0.25, -0.2) is 12.7 Å². The molecule has 0 atom stereocenters. The molecule has 0 saturated heterocycles. The summed E-state index contributed by atoms with van der Waals surface area (Å²) in [5.74, 6) is 0.143. The minimum absolute atomic E-state index is 0.143. The highest BCUT2D eigenvalue weighted by Gasteiger charge is 2.16. The van der Waals surface area contributed by atoms with Crippen LogP contribution in [0.1, 0.15) is 24.8 Å². The van der Waals surface area contributed by atoms with Crippen LogP contribution in [0.2, 0.25) is 0 Å². The van der Waals surface area contributed by atoms with Crippen molar-refractivity contribution in [1.82, 2.24) is 9.29 Å². The third kappa shape index (κ3) is 6.13. The highest BCUT2D eigenvalue weighted by molar-refractivity contribution is 7.89. The van der Waals surface area contributed by atoms with E-state index in [1.54, 1.807) is 19.4 Å². The normalized spacial score (nSPS) is 11.9. The van der Waals surface area contributed by atoms with Crippen LogP contribution < -0.4 is 5.73 Å². The summed E-state index contributed by atoms with van der Waals surface area (Å²) in [6, 6.07) is 3.69. The summed E-state index contributed by atoms with van der Waals surface area (Å²) in [6.07, 6.45) is 6.67. The Hall–Kier alpha value is -0.980. The number of pyridine rings is 1. The Morgan fingerprint density at radius 2 is 1.89 bits per heavy atom. The fourth-order valence-corrected chi connectivity index (χ4v) is 2.96. The first-order valence-corrected chi connectivity index (χ1v) is 8.20. The fourth-order valence-electron chi connectivity index (χ4n) is 1.75. The molecule has 1 heterocycles. The van der Waals surface area contributed by atoms with Crippen LogP contribution in [0.4, 0.5) is 0 Å². The van der Waals surface area contributed by atoms with Gasteiger partial charge in [0.1, 0.15) is 0 Å². The molecule has 2 N–H and O–H groups in total. The van der Waals surface area contributed by atoms with E-state index in [4.69, 9.17) is 5.73 Å². The van der Waals surface area contributed by atoms with Gasteiger partial charge in [0.05, 0.1) is 5.75 Å². The van der Waals surface area contributed by atoms with Crippen LogP contribution in [0.15, 0.2) is 24.5 Å². The second kappa shape index (κ2) is 8.24. The van der Waals surface area contributed by atoms with Crippen molar-refractivity contribution in [2.75, 3.05) is 25.9 Å². The van der Waals surface area contributed by atoms with Crippen molar-refractivity contribution in [2.24, 2.45) is 5.73 Å². The van der Waals surface area contributed by atoms with Crippen LogP contribution in [0.3, 0.4) is 0 Å². The second-order valence-corrected chi connectivity index (χ2v) is 6.79. The van der Waals surface area contributed by atoms with Gasteiger partial charge in [0.2, 0.25) is 10.0 Å². The smallest absolute Gasteiger partial charge is 0.214 e. The number of hydrogen-bond donors (Lipinski definition) is 1. The van der Waals surface area contributed by atoms with Gasteiger partial charge in [0.25, 0.3) is 0 Å². The maximum Gasteiger partial charge on any atom is 0.214 e. The van der Waals surface area contributed by atoms with E-state index in [0.29, 0.717) is 19.5 Å². The number of sulfonamides is 1. The number of nitrogens with two attached hydrogens (primary N) is 1. The van der Waals surface area contributed by atoms with Gasteiger partial charge < -0.3 is 5.73 Å². The van der Waals surface area contributed by atoms with Gasteiger partial charge in [-0.3, -0.25) is 4.98 Å². The summed E-state index contributed by atoms with van der Waals surface area (Å²) in [5.41, 5.74) is 6.40. The minimum Gasteiger partial charge on any atom is -0.330 e. The monoisotopic (exact) mass is 285 g/mol. The number of aromatic nitrogens is 1. The molecular formula is C13H23N3O2S. The lowest BCUT2D eigenvalue weighted by Crippen LogP contribution is -2.31. The number of aryl methyl sites for hydroxylation is 1. The van der Waals surface area contributed by atoms with Gasteiger partial charge in [0.15, 0.2) is 0 Å². The van der Waals surface area contributed by atoms with E-state index in [1.165, 1.54) is 4.31 Å². The largest absolute Gasteiger partial charge is 0.330 e. The van der Waals surface area contributed by atoms with Gasteiger partial charge in [-0.2, -0.15) is 0 Å². The molecule has 0 aliphatic heterocycles. The van der Waals surface area contributed by atoms with E-state index >= 15 is 0 Å². The summed E-state index contributed by atoms with van der Waals surface area (Å²) >= 11 is 0. The standard InChI is InChI=1S/C13H23N3O2S/c1-16(11-4-2-3-8-14)19(17,18)12-7-13-5-9-15-10-6-13/h5-6,9-10H,2-4,7-8,11-12,14H2,1H3. The molecule has 19 heavy (non-hydrogen) atoms. The quantitative estimate of drug-likeness (QED) is 0.687. The zero-order chi connectivity index (χ0) is 14.1. The summed E-state index contributed by atoms with van der Waals surface area (Å²) < 4.78 is 25.6. The van der Waals surface area contributed by atoms with Crippen LogP contribution in [0, 0.1) is 0 Å². The van der Waals surface area contributed by atoms with E-state index in [-0.39, 0.29) is 5.75 Å². The first-order valence-electron chi connectivity index (χ1n) is 6.59. The summed E-state index contributed by atoms with van der Waals surface area (Å²) in [7, 11) is -1.52. The van der Waals surface area contributed by atoms with Crippen LogP contribution in [0.25, 0.3) is 0 Å². The Morgan fingerprint density at radius 3 is 2.53 bits per heavy atom. The van der Waals surface area contributed by atoms with Crippen LogP contribution in [-0.4, -0.2) is 43.6 Å². The summed E-state index contributed by atoms with van der Waals surface area (Å²) in [6.45, 7) is 1.23. The van der Waals surface area contributed by atoms with Crippen molar-refractivity contribution in [3.63, 3.8) is 0 Å². The first-order chi connectivity index (χ1) is 9.06. The molecule has 0 aliphatic carbocycles. The molecule has 6 heteroatoms. The van der Waals surface area contributed by atoms with Crippen molar-refractivity contribution in [1.29, 1.82) is 0 Å². The average Bonchev–Trinajstić information content (AvgIpc) is 2.42. The highest BCUT2D eigenvalue weighted by atomic mass is 32.2. The zero-order valence-corrected chi connectivity index (χ0v) is 12.3. The molecule has 0 aromatic carbocycles. The predicted octanol–water partition coefficient (Wildman–Crippen LogP) is 1.01. The van der Waals surface area contributed by atoms with Gasteiger partial charge in [-0.1, -0.05) is 6.42 Å². The summed E-state index contributed by atoms with van der Waals surface area (Å²) in [5, 5.41) is 0. The molecular weight excluding hydrogens is 262 g/mol. The van der Waals surface area contributed by atoms with Crippen molar-refractivity contribution in [3.8, 4) is 0 Å². The Morgan fingerprint density at radius 1 is 1.21 bits per heavy atom. The Kier molecular flexibility index (Phi) is 6.97. The van der Waals surface area contributed by atoms with Crippen LogP contribution >= 0.6 is 0 Å². The maximum atomic E-state index is 12.1. The lowest BCUT2D eigenvalue weighted by atomic mass is 10.2. The second-order valence-electron chi connectivity index (χ2n) is 4.59. The molecule has 1 aromatic rings. The average molecular weight is 285 g/mol. The van der Waals surface area contributed by atoms with E-state index in [0.717, 1.165) is 24.8 Å². The molecule has 0 aliphatic rings. The van der Waals surface area contributed by atoms with E-state index in [1.807, 2.05) is 12.1 Å². The molecule has 5 nitrogen and oxygen atoms in total. The first kappa shape index (κ1) is 16.1. The Balaban J connectivity index is 2.38. The number of unbranched alkanes of at least 4 members (excludes halogenated alkanes) is 2. The van der Waals surface area contributed by atoms with E-state index in [2.05, 4.69) is 4.98 Å². The van der Waals surface area contributed by atoms with Gasteiger partial charge in [-0.15, -0.1) is 0 Å². The summed E-state index contributed by atoms with van der Waals surface area (Å²) in [4.78, 5) is 3.91. The van der Waals surface area contributed by atoms with Gasteiger partial charge >= 0.3 is 0 Å². The topological polar surface area (TPSA) is 76.3 Å². The molecule has 0 spiro atoms. The third-order valence-electron chi connectivity index (χ3n) is 3.05. The van der Waals surface area contributed by atoms with Crippen LogP contribution in [0.5, 0.6) is 0 Å². The minimum atomic E-state index is -3.16. The number of rotatable bonds is 9. The van der Waals surface area contributed by atoms with Crippen LogP contribution in [-0.2, 0) is 16.4 Å². The molecule has 0 fully saturated rings. The van der Waals surface area contributed by atoms with Gasteiger partial charge in [-0.05, 0) is 43.5 Å². The van der Waals surface area contributed by atoms with E-state index < -0.39 is 10.0 Å². The molecule has 0 amide bonds. The molecule has 1 aromatic heterocycles. The molecule has 108 valence electrons. The maximum absolute atomic E-state index is 12.1. The molecule has 1 rings (SSSR count). The predicted molar refractivity (Wildman–Crippen MR) is 77.3 cm³/mol. The third-order valence-corrected chi connectivity index (χ3v) is 4.90. The number of nitrogens with zero attached hydrogens (tertiary/aromatic N) is 2. The Labute approximate surface area is 115 Å². The van der Waals surface area contributed by atoms with Crippen molar-refractivity contribution >= 4 is 10.0 Å². The SMILES string of the molecule is CN(CCCCCN)S(=O)(=O)CCc1ccncc1. The van der Waals surface area contributed by atoms with Crippen molar-refractivity contribution in [2.45, 2.75) is 25.7 Å².